The van der Waals surface area contributed by atoms with Crippen molar-refractivity contribution in [3.8, 4) is 0 Å². The maximum absolute atomic E-state index is 11.2. The maximum Gasteiger partial charge on any atom is 0.249 e. The molecule has 3 heteroatoms. The molecule has 0 unspecified atom stereocenters. The van der Waals surface area contributed by atoms with Gasteiger partial charge in [0, 0.05) is 6.08 Å². The summed E-state index contributed by atoms with van der Waals surface area (Å²) in [4.78, 5) is 13.0. The number of amides is 1. The molecule has 2 aliphatic rings. The van der Waals surface area contributed by atoms with Crippen LogP contribution >= 0.6 is 0 Å². The van der Waals surface area contributed by atoms with Gasteiger partial charge in [-0.05, 0) is 19.9 Å². The third kappa shape index (κ3) is 0.744. The molecule has 0 radical (unpaired) electrons. The third-order valence-corrected chi connectivity index (χ3v) is 2.31. The minimum Gasteiger partial charge on any atom is -0.350 e. The van der Waals surface area contributed by atoms with E-state index in [4.69, 9.17) is 4.74 Å². The van der Waals surface area contributed by atoms with Crippen molar-refractivity contribution >= 4 is 5.91 Å². The van der Waals surface area contributed by atoms with Gasteiger partial charge in [0.25, 0.3) is 0 Å². The van der Waals surface area contributed by atoms with Crippen LogP contribution in [0.2, 0.25) is 0 Å². The Bertz CT molecular complexity index is 236. The van der Waals surface area contributed by atoms with E-state index in [0.717, 1.165) is 0 Å². The fourth-order valence-electron chi connectivity index (χ4n) is 1.74. The summed E-state index contributed by atoms with van der Waals surface area (Å²) in [6.45, 7) is 4.56. The Morgan fingerprint density at radius 1 is 1.82 bits per heavy atom. The number of ether oxygens (including phenoxy) is 1. The zero-order valence-corrected chi connectivity index (χ0v) is 6.70. The standard InChI is InChI=1S/C8H11NO2/c1-6-5-11-8(2)4-3-7(10)9(6)8/h3-4,6H,5H2,1-2H3/t6-,8+/m1/s1. The number of carbonyl (C=O) groups is 1. The predicted octanol–water partition coefficient (Wildman–Crippen LogP) is 0.520. The summed E-state index contributed by atoms with van der Waals surface area (Å²) in [6, 6.07) is 0.211. The highest BCUT2D eigenvalue weighted by Gasteiger charge is 2.46. The minimum absolute atomic E-state index is 0.0671. The van der Waals surface area contributed by atoms with E-state index < -0.39 is 5.72 Å². The van der Waals surface area contributed by atoms with Gasteiger partial charge in [-0.1, -0.05) is 0 Å². The first-order chi connectivity index (χ1) is 5.13. The predicted molar refractivity (Wildman–Crippen MR) is 39.8 cm³/mol. The first-order valence-corrected chi connectivity index (χ1v) is 3.80. The molecule has 0 aliphatic carbocycles. The summed E-state index contributed by atoms with van der Waals surface area (Å²) in [7, 11) is 0. The molecule has 0 bridgehead atoms. The van der Waals surface area contributed by atoms with E-state index >= 15 is 0 Å². The zero-order chi connectivity index (χ0) is 8.06. The molecule has 2 aliphatic heterocycles. The van der Waals surface area contributed by atoms with E-state index in [-0.39, 0.29) is 11.9 Å². The van der Waals surface area contributed by atoms with Gasteiger partial charge in [-0.2, -0.15) is 0 Å². The van der Waals surface area contributed by atoms with E-state index in [2.05, 4.69) is 0 Å². The van der Waals surface area contributed by atoms with Crippen LogP contribution in [-0.2, 0) is 9.53 Å². The quantitative estimate of drug-likeness (QED) is 0.507. The van der Waals surface area contributed by atoms with Crippen LogP contribution in [-0.4, -0.2) is 29.2 Å². The Balaban J connectivity index is 2.36. The van der Waals surface area contributed by atoms with Gasteiger partial charge in [0.15, 0.2) is 5.72 Å². The molecule has 1 fully saturated rings. The van der Waals surface area contributed by atoms with E-state index in [1.54, 1.807) is 11.0 Å². The van der Waals surface area contributed by atoms with Crippen molar-refractivity contribution in [3.63, 3.8) is 0 Å². The topological polar surface area (TPSA) is 29.5 Å². The van der Waals surface area contributed by atoms with Crippen LogP contribution in [0.25, 0.3) is 0 Å². The van der Waals surface area contributed by atoms with Crippen molar-refractivity contribution in [1.29, 1.82) is 0 Å². The highest BCUT2D eigenvalue weighted by molar-refractivity contribution is 5.91. The normalized spacial score (nSPS) is 41.8. The maximum atomic E-state index is 11.2. The van der Waals surface area contributed by atoms with E-state index in [9.17, 15) is 4.79 Å². The van der Waals surface area contributed by atoms with E-state index in [1.807, 2.05) is 19.9 Å². The number of rotatable bonds is 0. The van der Waals surface area contributed by atoms with Crippen molar-refractivity contribution in [2.75, 3.05) is 6.61 Å². The molecule has 0 aromatic rings. The lowest BCUT2D eigenvalue weighted by Crippen LogP contribution is -2.42. The summed E-state index contributed by atoms with van der Waals surface area (Å²) in [5, 5.41) is 0. The van der Waals surface area contributed by atoms with Crippen LogP contribution in [0.3, 0.4) is 0 Å². The Hall–Kier alpha value is -0.830. The average Bonchev–Trinajstić information content (AvgIpc) is 2.38. The van der Waals surface area contributed by atoms with Gasteiger partial charge in [0.2, 0.25) is 5.91 Å². The van der Waals surface area contributed by atoms with Crippen LogP contribution in [0.1, 0.15) is 13.8 Å². The molecule has 1 saturated heterocycles. The molecular formula is C8H11NO2. The molecule has 3 nitrogen and oxygen atoms in total. The zero-order valence-electron chi connectivity index (χ0n) is 6.70. The summed E-state index contributed by atoms with van der Waals surface area (Å²) in [5.41, 5.74) is -0.448. The average molecular weight is 153 g/mol. The van der Waals surface area contributed by atoms with Gasteiger partial charge in [-0.3, -0.25) is 4.79 Å². The van der Waals surface area contributed by atoms with E-state index in [0.29, 0.717) is 6.61 Å². The summed E-state index contributed by atoms with van der Waals surface area (Å²) < 4.78 is 5.47. The van der Waals surface area contributed by atoms with Crippen molar-refractivity contribution in [2.24, 2.45) is 0 Å². The second kappa shape index (κ2) is 1.85. The second-order valence-corrected chi connectivity index (χ2v) is 3.26. The SMILES string of the molecule is C[C@@H]1CO[C@@]2(C)C=CC(=O)N12. The smallest absolute Gasteiger partial charge is 0.249 e. The summed E-state index contributed by atoms with van der Waals surface area (Å²) in [6.07, 6.45) is 3.40. The Morgan fingerprint density at radius 2 is 2.55 bits per heavy atom. The molecule has 0 N–H and O–H groups in total. The molecule has 2 heterocycles. The monoisotopic (exact) mass is 153 g/mol. The molecule has 60 valence electrons. The van der Waals surface area contributed by atoms with Gasteiger partial charge in [0.05, 0.1) is 12.6 Å². The van der Waals surface area contributed by atoms with Gasteiger partial charge in [-0.25, -0.2) is 0 Å². The van der Waals surface area contributed by atoms with Crippen molar-refractivity contribution in [2.45, 2.75) is 25.6 Å². The molecule has 2 rings (SSSR count). The number of hydrogen-bond donors (Lipinski definition) is 0. The van der Waals surface area contributed by atoms with Gasteiger partial charge in [-0.15, -0.1) is 0 Å². The number of fused-ring (bicyclic) bond motifs is 1. The molecule has 2 atom stereocenters. The van der Waals surface area contributed by atoms with Crippen molar-refractivity contribution in [1.82, 2.24) is 4.90 Å². The highest BCUT2D eigenvalue weighted by Crippen LogP contribution is 2.32. The molecule has 11 heavy (non-hydrogen) atoms. The lowest BCUT2D eigenvalue weighted by atomic mass is 10.2. The Morgan fingerprint density at radius 3 is 3.18 bits per heavy atom. The Labute approximate surface area is 65.6 Å². The molecule has 0 saturated carbocycles. The molecule has 0 aromatic carbocycles. The molecule has 0 aromatic heterocycles. The van der Waals surface area contributed by atoms with Crippen molar-refractivity contribution < 1.29 is 9.53 Å². The lowest BCUT2D eigenvalue weighted by molar-refractivity contribution is -0.133. The van der Waals surface area contributed by atoms with Crippen LogP contribution in [0, 0.1) is 0 Å². The van der Waals surface area contributed by atoms with Gasteiger partial charge in [0.1, 0.15) is 0 Å². The first kappa shape index (κ1) is 6.85. The number of nitrogens with zero attached hydrogens (tertiary/aromatic N) is 1. The van der Waals surface area contributed by atoms with E-state index in [1.165, 1.54) is 0 Å². The second-order valence-electron chi connectivity index (χ2n) is 3.26. The van der Waals surface area contributed by atoms with Gasteiger partial charge >= 0.3 is 0 Å². The summed E-state index contributed by atoms with van der Waals surface area (Å²) >= 11 is 0. The van der Waals surface area contributed by atoms with Gasteiger partial charge < -0.3 is 9.64 Å². The fourth-order valence-corrected chi connectivity index (χ4v) is 1.74. The largest absolute Gasteiger partial charge is 0.350 e. The fraction of sp³-hybridized carbons (Fsp3) is 0.625. The van der Waals surface area contributed by atoms with Crippen LogP contribution < -0.4 is 0 Å². The van der Waals surface area contributed by atoms with Crippen molar-refractivity contribution in [3.05, 3.63) is 12.2 Å². The number of hydrogen-bond acceptors (Lipinski definition) is 2. The highest BCUT2D eigenvalue weighted by atomic mass is 16.5. The molecule has 0 spiro atoms. The van der Waals surface area contributed by atoms with Crippen LogP contribution in [0.15, 0.2) is 12.2 Å². The minimum atomic E-state index is -0.448. The van der Waals surface area contributed by atoms with Crippen LogP contribution in [0.5, 0.6) is 0 Å². The van der Waals surface area contributed by atoms with Crippen LogP contribution in [0.4, 0.5) is 0 Å². The third-order valence-electron chi connectivity index (χ3n) is 2.31. The first-order valence-electron chi connectivity index (χ1n) is 3.80. The molecular weight excluding hydrogens is 142 g/mol. The molecule has 1 amide bonds. The Kier molecular flexibility index (Phi) is 1.16. The lowest BCUT2D eigenvalue weighted by Gasteiger charge is -2.27. The summed E-state index contributed by atoms with van der Waals surface area (Å²) in [5.74, 6) is 0.0671. The number of carbonyl (C=O) groups excluding carboxylic acids is 1.